The number of rotatable bonds is 8. The molecule has 26 heavy (non-hydrogen) atoms. The van der Waals surface area contributed by atoms with E-state index in [0.717, 1.165) is 44.6 Å². The van der Waals surface area contributed by atoms with Crippen LogP contribution in [0.1, 0.15) is 37.4 Å². The highest BCUT2D eigenvalue weighted by molar-refractivity contribution is 5.90. The van der Waals surface area contributed by atoms with Crippen LogP contribution in [0.2, 0.25) is 0 Å². The van der Waals surface area contributed by atoms with Crippen molar-refractivity contribution in [1.29, 1.82) is 0 Å². The van der Waals surface area contributed by atoms with Crippen LogP contribution in [0.25, 0.3) is 0 Å². The van der Waals surface area contributed by atoms with Gasteiger partial charge in [-0.25, -0.2) is 0 Å². The highest BCUT2D eigenvalue weighted by Gasteiger charge is 2.23. The SMILES string of the molecule is CCCCc1cc(NC(=O)CC2CN(Cc3ccccc3)CCO2)n[nH]1. The van der Waals surface area contributed by atoms with E-state index in [0.29, 0.717) is 18.8 Å². The average Bonchev–Trinajstić information content (AvgIpc) is 3.08. The minimum atomic E-state index is -0.0778. The summed E-state index contributed by atoms with van der Waals surface area (Å²) in [6.45, 7) is 5.37. The monoisotopic (exact) mass is 356 g/mol. The summed E-state index contributed by atoms with van der Waals surface area (Å²) < 4.78 is 5.78. The zero-order valence-corrected chi connectivity index (χ0v) is 15.4. The Hall–Kier alpha value is -2.18. The molecule has 6 heteroatoms. The molecule has 1 unspecified atom stereocenters. The third-order valence-electron chi connectivity index (χ3n) is 4.58. The van der Waals surface area contributed by atoms with Crippen molar-refractivity contribution in [1.82, 2.24) is 15.1 Å². The van der Waals surface area contributed by atoms with Gasteiger partial charge in [0.15, 0.2) is 5.82 Å². The Morgan fingerprint density at radius 2 is 2.23 bits per heavy atom. The molecular weight excluding hydrogens is 328 g/mol. The van der Waals surface area contributed by atoms with Crippen LogP contribution in [0.4, 0.5) is 5.82 Å². The first-order valence-corrected chi connectivity index (χ1v) is 9.45. The Morgan fingerprint density at radius 3 is 3.04 bits per heavy atom. The maximum Gasteiger partial charge on any atom is 0.228 e. The number of morpholine rings is 1. The van der Waals surface area contributed by atoms with Crippen molar-refractivity contribution in [3.05, 3.63) is 47.7 Å². The van der Waals surface area contributed by atoms with Crippen molar-refractivity contribution in [3.8, 4) is 0 Å². The molecule has 1 aliphatic rings. The average molecular weight is 356 g/mol. The van der Waals surface area contributed by atoms with Gasteiger partial charge in [0.05, 0.1) is 19.1 Å². The number of hydrogen-bond donors (Lipinski definition) is 2. The number of amides is 1. The van der Waals surface area contributed by atoms with E-state index in [1.807, 2.05) is 12.1 Å². The number of aryl methyl sites for hydroxylation is 1. The van der Waals surface area contributed by atoms with Gasteiger partial charge < -0.3 is 10.1 Å². The maximum atomic E-state index is 12.3. The molecule has 0 saturated carbocycles. The molecule has 1 saturated heterocycles. The fourth-order valence-electron chi connectivity index (χ4n) is 3.21. The van der Waals surface area contributed by atoms with E-state index in [-0.39, 0.29) is 12.0 Å². The zero-order valence-electron chi connectivity index (χ0n) is 15.4. The van der Waals surface area contributed by atoms with Crippen molar-refractivity contribution >= 4 is 11.7 Å². The predicted molar refractivity (Wildman–Crippen MR) is 102 cm³/mol. The number of benzene rings is 1. The van der Waals surface area contributed by atoms with Crippen LogP contribution in [-0.4, -0.2) is 46.8 Å². The van der Waals surface area contributed by atoms with Crippen molar-refractivity contribution in [2.45, 2.75) is 45.3 Å². The fourth-order valence-corrected chi connectivity index (χ4v) is 3.21. The van der Waals surface area contributed by atoms with E-state index in [1.54, 1.807) is 0 Å². The fraction of sp³-hybridized carbons (Fsp3) is 0.500. The van der Waals surface area contributed by atoms with Crippen LogP contribution in [-0.2, 0) is 22.5 Å². The van der Waals surface area contributed by atoms with Gasteiger partial charge in [-0.3, -0.25) is 14.8 Å². The van der Waals surface area contributed by atoms with E-state index in [9.17, 15) is 4.79 Å². The van der Waals surface area contributed by atoms with Crippen molar-refractivity contribution in [2.24, 2.45) is 0 Å². The van der Waals surface area contributed by atoms with Gasteiger partial charge in [-0.2, -0.15) is 5.10 Å². The summed E-state index contributed by atoms with van der Waals surface area (Å²) in [7, 11) is 0. The molecule has 6 nitrogen and oxygen atoms in total. The van der Waals surface area contributed by atoms with Gasteiger partial charge in [-0.1, -0.05) is 43.7 Å². The zero-order chi connectivity index (χ0) is 18.2. The van der Waals surface area contributed by atoms with Gasteiger partial charge in [-0.05, 0) is 18.4 Å². The van der Waals surface area contributed by atoms with Gasteiger partial charge in [-0.15, -0.1) is 0 Å². The standard InChI is InChI=1S/C20H28N4O2/c1-2-3-9-17-12-19(23-22-17)21-20(25)13-18-15-24(10-11-26-18)14-16-7-5-4-6-8-16/h4-8,12,18H,2-3,9-11,13-15H2,1H3,(H2,21,22,23,25). The first-order chi connectivity index (χ1) is 12.7. The third-order valence-corrected chi connectivity index (χ3v) is 4.58. The molecule has 0 radical (unpaired) electrons. The van der Waals surface area contributed by atoms with E-state index in [2.05, 4.69) is 51.6 Å². The summed E-state index contributed by atoms with van der Waals surface area (Å²) in [4.78, 5) is 14.6. The van der Waals surface area contributed by atoms with E-state index < -0.39 is 0 Å². The molecule has 1 fully saturated rings. The highest BCUT2D eigenvalue weighted by atomic mass is 16.5. The van der Waals surface area contributed by atoms with Crippen molar-refractivity contribution < 1.29 is 9.53 Å². The van der Waals surface area contributed by atoms with Crippen LogP contribution < -0.4 is 5.32 Å². The summed E-state index contributed by atoms with van der Waals surface area (Å²) in [6, 6.07) is 12.3. The summed E-state index contributed by atoms with van der Waals surface area (Å²) in [6.07, 6.45) is 3.48. The van der Waals surface area contributed by atoms with Crippen LogP contribution >= 0.6 is 0 Å². The Labute approximate surface area is 154 Å². The minimum Gasteiger partial charge on any atom is -0.375 e. The molecule has 0 bridgehead atoms. The lowest BCUT2D eigenvalue weighted by Gasteiger charge is -2.32. The number of nitrogens with one attached hydrogen (secondary N) is 2. The Morgan fingerprint density at radius 1 is 1.38 bits per heavy atom. The summed E-state index contributed by atoms with van der Waals surface area (Å²) in [5, 5.41) is 10.0. The quantitative estimate of drug-likeness (QED) is 0.763. The number of nitrogens with zero attached hydrogens (tertiary/aromatic N) is 2. The second kappa shape index (κ2) is 9.50. The molecule has 1 atom stereocenters. The third kappa shape index (κ3) is 5.68. The molecule has 1 aromatic heterocycles. The number of H-pyrrole nitrogens is 1. The lowest BCUT2D eigenvalue weighted by Crippen LogP contribution is -2.43. The Bertz CT molecular complexity index is 686. The summed E-state index contributed by atoms with van der Waals surface area (Å²) in [5.41, 5.74) is 2.35. The highest BCUT2D eigenvalue weighted by Crippen LogP contribution is 2.14. The number of anilines is 1. The van der Waals surface area contributed by atoms with E-state index >= 15 is 0 Å². The summed E-state index contributed by atoms with van der Waals surface area (Å²) in [5.74, 6) is 0.545. The van der Waals surface area contributed by atoms with Crippen LogP contribution in [0.15, 0.2) is 36.4 Å². The van der Waals surface area contributed by atoms with Gasteiger partial charge >= 0.3 is 0 Å². The number of unbranched alkanes of at least 4 members (excludes halogenated alkanes) is 1. The number of aromatic nitrogens is 2. The van der Waals surface area contributed by atoms with Crippen molar-refractivity contribution in [3.63, 3.8) is 0 Å². The number of carbonyl (C=O) groups excluding carboxylic acids is 1. The van der Waals surface area contributed by atoms with E-state index in [1.165, 1.54) is 5.56 Å². The molecule has 140 valence electrons. The predicted octanol–water partition coefficient (Wildman–Crippen LogP) is 2.98. The lowest BCUT2D eigenvalue weighted by atomic mass is 10.1. The Kier molecular flexibility index (Phi) is 6.80. The smallest absolute Gasteiger partial charge is 0.228 e. The van der Waals surface area contributed by atoms with E-state index in [4.69, 9.17) is 4.74 Å². The van der Waals surface area contributed by atoms with Gasteiger partial charge in [0, 0.05) is 31.4 Å². The largest absolute Gasteiger partial charge is 0.375 e. The Balaban J connectivity index is 1.45. The molecule has 1 amide bonds. The molecule has 1 aliphatic heterocycles. The molecule has 0 aliphatic carbocycles. The molecule has 2 N–H and O–H groups in total. The first kappa shape index (κ1) is 18.6. The number of aromatic amines is 1. The van der Waals surface area contributed by atoms with Crippen LogP contribution in [0, 0.1) is 0 Å². The molecular formula is C20H28N4O2. The number of ether oxygens (including phenoxy) is 1. The van der Waals surface area contributed by atoms with Crippen LogP contribution in [0.3, 0.4) is 0 Å². The molecule has 0 spiro atoms. The molecule has 3 rings (SSSR count). The molecule has 2 aromatic rings. The summed E-state index contributed by atoms with van der Waals surface area (Å²) >= 11 is 0. The minimum absolute atomic E-state index is 0.0508. The topological polar surface area (TPSA) is 70.2 Å². The van der Waals surface area contributed by atoms with Gasteiger partial charge in [0.25, 0.3) is 0 Å². The second-order valence-corrected chi connectivity index (χ2v) is 6.85. The number of carbonyl (C=O) groups is 1. The van der Waals surface area contributed by atoms with Crippen LogP contribution in [0.5, 0.6) is 0 Å². The normalized spacial score (nSPS) is 18.0. The second-order valence-electron chi connectivity index (χ2n) is 6.85. The van der Waals surface area contributed by atoms with Gasteiger partial charge in [0.2, 0.25) is 5.91 Å². The molecule has 2 heterocycles. The first-order valence-electron chi connectivity index (χ1n) is 9.45. The van der Waals surface area contributed by atoms with Crippen molar-refractivity contribution in [2.75, 3.05) is 25.0 Å². The maximum absolute atomic E-state index is 12.3. The number of hydrogen-bond acceptors (Lipinski definition) is 4. The lowest BCUT2D eigenvalue weighted by molar-refractivity contribution is -0.121. The molecule has 1 aromatic carbocycles. The van der Waals surface area contributed by atoms with Gasteiger partial charge in [0.1, 0.15) is 0 Å².